The number of carbonyl (C=O) groups excluding carboxylic acids is 2. The molecule has 0 unspecified atom stereocenters. The van der Waals surface area contributed by atoms with Crippen molar-refractivity contribution in [2.24, 2.45) is 5.92 Å². The molecule has 4 rings (SSSR count). The summed E-state index contributed by atoms with van der Waals surface area (Å²) < 4.78 is 41.2. The average molecular weight is 673 g/mol. The van der Waals surface area contributed by atoms with Crippen LogP contribution in [0.3, 0.4) is 0 Å². The molecule has 0 aliphatic carbocycles. The van der Waals surface area contributed by atoms with E-state index in [1.807, 2.05) is 44.2 Å². The number of thiophene rings is 1. The van der Waals surface area contributed by atoms with Gasteiger partial charge in [0.25, 0.3) is 15.9 Å². The molecule has 3 amide bonds. The second kappa shape index (κ2) is 16.3. The molecule has 2 aromatic carbocycles. The van der Waals surface area contributed by atoms with Gasteiger partial charge in [0, 0.05) is 44.0 Å². The van der Waals surface area contributed by atoms with E-state index in [9.17, 15) is 23.1 Å². The Balaban J connectivity index is 1.62. The molecule has 0 saturated carbocycles. The summed E-state index contributed by atoms with van der Waals surface area (Å²) >= 11 is 1.09. The third-order valence-corrected chi connectivity index (χ3v) is 10.7. The van der Waals surface area contributed by atoms with Crippen LogP contribution in [-0.4, -0.2) is 86.9 Å². The molecular weight excluding hydrogens is 629 g/mol. The van der Waals surface area contributed by atoms with E-state index in [2.05, 4.69) is 10.0 Å². The molecule has 4 atom stereocenters. The fraction of sp³-hybridized carbons (Fsp3) is 0.455. The SMILES string of the molecule is C[C@@H]1CCCCO[C@H](CN(C)C(=O)Nc2ccccc2)[C@H](C)CN([C@H](C)CO)C(=O)c2cc(NS(=O)(=O)c3cccs3)ccc2O1. The lowest BCUT2D eigenvalue weighted by Crippen LogP contribution is -2.48. The van der Waals surface area contributed by atoms with Crippen LogP contribution in [0.15, 0.2) is 70.3 Å². The van der Waals surface area contributed by atoms with Gasteiger partial charge in [-0.05, 0) is 74.9 Å². The summed E-state index contributed by atoms with van der Waals surface area (Å²) in [6, 6.07) is 16.2. The van der Waals surface area contributed by atoms with E-state index >= 15 is 0 Å². The van der Waals surface area contributed by atoms with E-state index in [0.29, 0.717) is 24.5 Å². The fourth-order valence-corrected chi connectivity index (χ4v) is 7.21. The van der Waals surface area contributed by atoms with Crippen molar-refractivity contribution in [3.05, 3.63) is 71.6 Å². The van der Waals surface area contributed by atoms with E-state index in [0.717, 1.165) is 24.2 Å². The van der Waals surface area contributed by atoms with Crippen LogP contribution in [0.1, 0.15) is 50.4 Å². The highest BCUT2D eigenvalue weighted by Crippen LogP contribution is 2.30. The molecule has 46 heavy (non-hydrogen) atoms. The average Bonchev–Trinajstić information content (AvgIpc) is 3.59. The Kier molecular flexibility index (Phi) is 12.4. The lowest BCUT2D eigenvalue weighted by molar-refractivity contribution is -0.0115. The highest BCUT2D eigenvalue weighted by molar-refractivity contribution is 7.94. The molecule has 1 aliphatic heterocycles. The molecule has 2 heterocycles. The zero-order chi connectivity index (χ0) is 33.3. The first kappa shape index (κ1) is 35.2. The second-order valence-corrected chi connectivity index (χ2v) is 14.6. The van der Waals surface area contributed by atoms with E-state index in [1.54, 1.807) is 47.4 Å². The van der Waals surface area contributed by atoms with Crippen LogP contribution in [0.25, 0.3) is 0 Å². The van der Waals surface area contributed by atoms with E-state index in [4.69, 9.17) is 9.47 Å². The molecule has 3 N–H and O–H groups in total. The smallest absolute Gasteiger partial charge is 0.321 e. The van der Waals surface area contributed by atoms with Gasteiger partial charge >= 0.3 is 6.03 Å². The number of carbonyl (C=O) groups is 2. The lowest BCUT2D eigenvalue weighted by atomic mass is 10.0. The van der Waals surface area contributed by atoms with Crippen LogP contribution in [0.5, 0.6) is 5.75 Å². The zero-order valence-corrected chi connectivity index (χ0v) is 28.4. The highest BCUT2D eigenvalue weighted by atomic mass is 32.2. The minimum atomic E-state index is -3.85. The molecule has 1 aliphatic rings. The number of sulfonamides is 1. The number of ether oxygens (including phenoxy) is 2. The third-order valence-electron chi connectivity index (χ3n) is 7.89. The maximum absolute atomic E-state index is 14.3. The number of rotatable bonds is 8. The molecule has 3 aromatic rings. The summed E-state index contributed by atoms with van der Waals surface area (Å²) in [5.74, 6) is -0.322. The Bertz CT molecular complexity index is 1540. The first-order valence-corrected chi connectivity index (χ1v) is 17.8. The maximum Gasteiger partial charge on any atom is 0.321 e. The number of nitrogens with zero attached hydrogens (tertiary/aromatic N) is 2. The van der Waals surface area contributed by atoms with Crippen molar-refractivity contribution in [1.82, 2.24) is 9.80 Å². The summed E-state index contributed by atoms with van der Waals surface area (Å²) in [6.45, 7) is 6.29. The van der Waals surface area contributed by atoms with Crippen molar-refractivity contribution in [2.45, 2.75) is 62.5 Å². The van der Waals surface area contributed by atoms with Crippen LogP contribution in [0.2, 0.25) is 0 Å². The lowest BCUT2D eigenvalue weighted by Gasteiger charge is -2.35. The largest absolute Gasteiger partial charge is 0.490 e. The van der Waals surface area contributed by atoms with Crippen LogP contribution >= 0.6 is 11.3 Å². The van der Waals surface area contributed by atoms with Crippen LogP contribution in [0.4, 0.5) is 16.2 Å². The first-order valence-electron chi connectivity index (χ1n) is 15.5. The van der Waals surface area contributed by atoms with Crippen molar-refractivity contribution >= 4 is 44.7 Å². The van der Waals surface area contributed by atoms with Crippen LogP contribution in [0, 0.1) is 5.92 Å². The van der Waals surface area contributed by atoms with Gasteiger partial charge in [-0.3, -0.25) is 9.52 Å². The molecule has 13 heteroatoms. The summed E-state index contributed by atoms with van der Waals surface area (Å²) in [6.07, 6.45) is 1.67. The Hall–Kier alpha value is -3.65. The van der Waals surface area contributed by atoms with Gasteiger partial charge in [0.05, 0.1) is 30.4 Å². The van der Waals surface area contributed by atoms with E-state index in [1.165, 1.54) is 12.1 Å². The number of urea groups is 1. The van der Waals surface area contributed by atoms with Gasteiger partial charge in [0.2, 0.25) is 0 Å². The van der Waals surface area contributed by atoms with Gasteiger partial charge in [-0.25, -0.2) is 13.2 Å². The Morgan fingerprint density at radius 3 is 2.57 bits per heavy atom. The van der Waals surface area contributed by atoms with Gasteiger partial charge in [0.1, 0.15) is 9.96 Å². The number of benzene rings is 2. The first-order chi connectivity index (χ1) is 22.0. The molecule has 0 bridgehead atoms. The number of aliphatic hydroxyl groups excluding tert-OH is 1. The summed E-state index contributed by atoms with van der Waals surface area (Å²) in [5, 5.41) is 14.7. The van der Waals surface area contributed by atoms with Crippen LogP contribution in [-0.2, 0) is 14.8 Å². The monoisotopic (exact) mass is 672 g/mol. The normalized spacial score (nSPS) is 20.5. The molecule has 0 fully saturated rings. The number of likely N-dealkylation sites (N-methyl/N-ethyl adjacent to an activating group) is 1. The summed E-state index contributed by atoms with van der Waals surface area (Å²) in [5.41, 5.74) is 1.08. The van der Waals surface area contributed by atoms with Crippen molar-refractivity contribution in [3.63, 3.8) is 0 Å². The summed E-state index contributed by atoms with van der Waals surface area (Å²) in [4.78, 5) is 30.4. The predicted octanol–water partition coefficient (Wildman–Crippen LogP) is 5.51. The number of hydrogen-bond acceptors (Lipinski definition) is 8. The van der Waals surface area contributed by atoms with Crippen molar-refractivity contribution in [3.8, 4) is 5.75 Å². The molecule has 11 nitrogen and oxygen atoms in total. The molecular formula is C33H44N4O7S2. The number of anilines is 2. The number of hydrogen-bond donors (Lipinski definition) is 3. The van der Waals surface area contributed by atoms with E-state index in [-0.39, 0.29) is 53.2 Å². The molecule has 0 saturated heterocycles. The van der Waals surface area contributed by atoms with Crippen LogP contribution < -0.4 is 14.8 Å². The third kappa shape index (κ3) is 9.44. The molecule has 250 valence electrons. The number of fused-ring (bicyclic) bond motifs is 1. The Labute approximate surface area is 275 Å². The topological polar surface area (TPSA) is 138 Å². The second-order valence-electron chi connectivity index (χ2n) is 11.7. The molecule has 0 spiro atoms. The van der Waals surface area contributed by atoms with Gasteiger partial charge in [-0.15, -0.1) is 11.3 Å². The van der Waals surface area contributed by atoms with Crippen molar-refractivity contribution in [2.75, 3.05) is 43.4 Å². The van der Waals surface area contributed by atoms with Gasteiger partial charge in [-0.1, -0.05) is 31.2 Å². The number of amides is 3. The number of aliphatic hydroxyl groups is 1. The van der Waals surface area contributed by atoms with Gasteiger partial charge in [0.15, 0.2) is 0 Å². The Morgan fingerprint density at radius 2 is 1.87 bits per heavy atom. The maximum atomic E-state index is 14.3. The van der Waals surface area contributed by atoms with Crippen molar-refractivity contribution in [1.29, 1.82) is 0 Å². The van der Waals surface area contributed by atoms with E-state index < -0.39 is 28.1 Å². The minimum Gasteiger partial charge on any atom is -0.490 e. The predicted molar refractivity (Wildman–Crippen MR) is 180 cm³/mol. The van der Waals surface area contributed by atoms with Crippen molar-refractivity contribution < 1.29 is 32.6 Å². The summed E-state index contributed by atoms with van der Waals surface area (Å²) in [7, 11) is -2.15. The van der Waals surface area contributed by atoms with Gasteiger partial charge in [-0.2, -0.15) is 0 Å². The quantitative estimate of drug-likeness (QED) is 0.287. The zero-order valence-electron chi connectivity index (χ0n) is 26.7. The number of para-hydroxylation sites is 1. The molecule has 1 aromatic heterocycles. The fourth-order valence-electron chi connectivity index (χ4n) is 5.16. The number of nitrogens with one attached hydrogen (secondary N) is 2. The standard InChI is InChI=1S/C33H44N4O7S2/c1-23-20-37(24(2)22-38)32(39)28-19-27(35-46(41,42)31-14-10-18-45-31)15-16-29(28)44-25(3)11-8-9-17-43-30(23)21-36(4)33(40)34-26-12-6-5-7-13-26/h5-7,10,12-16,18-19,23-25,30,35,38H,8-9,11,17,20-22H2,1-4H3,(H,34,40)/t23-,24-,25-,30-/m1/s1. The minimum absolute atomic E-state index is 0.154. The highest BCUT2D eigenvalue weighted by Gasteiger charge is 2.31. The Morgan fingerprint density at radius 1 is 1.11 bits per heavy atom. The molecule has 0 radical (unpaired) electrons. The van der Waals surface area contributed by atoms with Gasteiger partial charge < -0.3 is 29.7 Å².